The summed E-state index contributed by atoms with van der Waals surface area (Å²) in [6, 6.07) is 26.1. The van der Waals surface area contributed by atoms with E-state index in [4.69, 9.17) is 0 Å². The van der Waals surface area contributed by atoms with E-state index < -0.39 is 16.1 Å². The van der Waals surface area contributed by atoms with Crippen LogP contribution >= 0.6 is 0 Å². The molecule has 1 unspecified atom stereocenters. The molecule has 0 aromatic heterocycles. The Balaban J connectivity index is 1.84. The lowest BCUT2D eigenvalue weighted by molar-refractivity contribution is -0.141. The number of benzene rings is 3. The Morgan fingerprint density at radius 3 is 1.95 bits per heavy atom. The van der Waals surface area contributed by atoms with E-state index in [9.17, 15) is 18.0 Å². The van der Waals surface area contributed by atoms with Gasteiger partial charge in [-0.05, 0) is 47.6 Å². The van der Waals surface area contributed by atoms with Crippen molar-refractivity contribution in [1.82, 2.24) is 10.2 Å². The van der Waals surface area contributed by atoms with Crippen molar-refractivity contribution in [2.45, 2.75) is 59.0 Å². The summed E-state index contributed by atoms with van der Waals surface area (Å²) in [4.78, 5) is 29.0. The van der Waals surface area contributed by atoms with Crippen molar-refractivity contribution < 1.29 is 18.0 Å². The summed E-state index contributed by atoms with van der Waals surface area (Å²) < 4.78 is 26.6. The Kier molecular flexibility index (Phi) is 12.0. The maximum Gasteiger partial charge on any atom is 0.243 e. The van der Waals surface area contributed by atoms with Crippen molar-refractivity contribution >= 4 is 27.5 Å². The number of hydrogen-bond donors (Lipinski definition) is 1. The van der Waals surface area contributed by atoms with Crippen LogP contribution in [0, 0.1) is 5.92 Å². The van der Waals surface area contributed by atoms with Crippen LogP contribution in [0.15, 0.2) is 84.9 Å². The van der Waals surface area contributed by atoms with Crippen LogP contribution in [-0.4, -0.2) is 50.5 Å². The Morgan fingerprint density at radius 1 is 0.829 bits per heavy atom. The van der Waals surface area contributed by atoms with Gasteiger partial charge < -0.3 is 10.2 Å². The minimum absolute atomic E-state index is 0.106. The van der Waals surface area contributed by atoms with Gasteiger partial charge in [0.1, 0.15) is 6.04 Å². The topological polar surface area (TPSA) is 86.8 Å². The second-order valence-corrected chi connectivity index (χ2v) is 12.7. The fourth-order valence-corrected chi connectivity index (χ4v) is 5.62. The van der Waals surface area contributed by atoms with Gasteiger partial charge >= 0.3 is 0 Å². The molecule has 3 aromatic carbocycles. The summed E-state index contributed by atoms with van der Waals surface area (Å²) in [5.41, 5.74) is 3.58. The molecule has 0 saturated carbocycles. The Hall–Kier alpha value is -3.65. The van der Waals surface area contributed by atoms with Gasteiger partial charge in [0.2, 0.25) is 21.8 Å². The Labute approximate surface area is 245 Å². The van der Waals surface area contributed by atoms with Crippen LogP contribution in [-0.2, 0) is 39.0 Å². The first kappa shape index (κ1) is 31.9. The van der Waals surface area contributed by atoms with Gasteiger partial charge in [-0.25, -0.2) is 8.42 Å². The predicted octanol–water partition coefficient (Wildman–Crippen LogP) is 5.21. The average Bonchev–Trinajstić information content (AvgIpc) is 2.96. The Morgan fingerprint density at radius 2 is 1.41 bits per heavy atom. The molecule has 0 radical (unpaired) electrons. The maximum absolute atomic E-state index is 13.9. The molecule has 0 fully saturated rings. The first-order valence-corrected chi connectivity index (χ1v) is 16.1. The first-order chi connectivity index (χ1) is 19.6. The minimum atomic E-state index is -3.55. The van der Waals surface area contributed by atoms with Gasteiger partial charge in [0, 0.05) is 32.5 Å². The number of hydrogen-bond acceptors (Lipinski definition) is 4. The number of anilines is 1. The van der Waals surface area contributed by atoms with Gasteiger partial charge in [0.25, 0.3) is 0 Å². The fraction of sp³-hybridized carbons (Fsp3) is 0.394. The van der Waals surface area contributed by atoms with Crippen LogP contribution in [0.4, 0.5) is 5.69 Å². The molecule has 0 bridgehead atoms. The second kappa shape index (κ2) is 15.4. The number of nitrogens with one attached hydrogen (secondary N) is 1. The van der Waals surface area contributed by atoms with E-state index in [0.717, 1.165) is 23.1 Å². The van der Waals surface area contributed by atoms with E-state index in [1.807, 2.05) is 93.6 Å². The van der Waals surface area contributed by atoms with Crippen molar-refractivity contribution in [2.75, 3.05) is 23.7 Å². The molecule has 220 valence electrons. The monoisotopic (exact) mass is 577 g/mol. The number of sulfonamides is 1. The molecule has 0 heterocycles. The lowest BCUT2D eigenvalue weighted by Crippen LogP contribution is -2.51. The number of carbonyl (C=O) groups excluding carboxylic acids is 2. The molecule has 1 atom stereocenters. The lowest BCUT2D eigenvalue weighted by atomic mass is 10.0. The van der Waals surface area contributed by atoms with Crippen molar-refractivity contribution in [3.8, 4) is 0 Å². The molecule has 0 saturated heterocycles. The molecule has 7 nitrogen and oxygen atoms in total. The van der Waals surface area contributed by atoms with Gasteiger partial charge in [-0.3, -0.25) is 13.9 Å². The van der Waals surface area contributed by atoms with Crippen molar-refractivity contribution in [3.05, 3.63) is 102 Å². The number of aryl methyl sites for hydroxylation is 1. The summed E-state index contributed by atoms with van der Waals surface area (Å²) in [7, 11) is -3.55. The highest BCUT2D eigenvalue weighted by molar-refractivity contribution is 7.92. The van der Waals surface area contributed by atoms with E-state index >= 15 is 0 Å². The van der Waals surface area contributed by atoms with Crippen LogP contribution < -0.4 is 9.62 Å². The van der Waals surface area contributed by atoms with Crippen molar-refractivity contribution in [1.29, 1.82) is 0 Å². The average molecular weight is 578 g/mol. The van der Waals surface area contributed by atoms with Crippen LogP contribution in [0.2, 0.25) is 0 Å². The van der Waals surface area contributed by atoms with Crippen LogP contribution in [0.25, 0.3) is 0 Å². The van der Waals surface area contributed by atoms with Gasteiger partial charge in [0.15, 0.2) is 0 Å². The van der Waals surface area contributed by atoms with E-state index in [1.54, 1.807) is 17.0 Å². The molecule has 2 amide bonds. The molecule has 3 rings (SSSR count). The summed E-state index contributed by atoms with van der Waals surface area (Å²) in [5.74, 6) is -0.118. The van der Waals surface area contributed by atoms with Crippen molar-refractivity contribution in [3.63, 3.8) is 0 Å². The zero-order valence-electron chi connectivity index (χ0n) is 24.6. The molecule has 1 N–H and O–H groups in total. The van der Waals surface area contributed by atoms with Gasteiger partial charge in [-0.1, -0.05) is 93.6 Å². The SMILES string of the molecule is CCc1ccc(N(CCCC(=O)N(Cc2ccccc2)C(Cc2ccccc2)C(=O)NCC(C)C)S(C)(=O)=O)cc1. The van der Waals surface area contributed by atoms with E-state index in [0.29, 0.717) is 25.1 Å². The summed E-state index contributed by atoms with van der Waals surface area (Å²) >= 11 is 0. The van der Waals surface area contributed by atoms with Gasteiger partial charge in [0.05, 0.1) is 11.9 Å². The zero-order chi connectivity index (χ0) is 29.8. The van der Waals surface area contributed by atoms with Gasteiger partial charge in [-0.15, -0.1) is 0 Å². The number of nitrogens with zero attached hydrogens (tertiary/aromatic N) is 2. The van der Waals surface area contributed by atoms with Crippen LogP contribution in [0.1, 0.15) is 50.3 Å². The maximum atomic E-state index is 13.9. The third-order valence-electron chi connectivity index (χ3n) is 6.94. The number of rotatable bonds is 15. The molecule has 0 aliphatic rings. The van der Waals surface area contributed by atoms with Gasteiger partial charge in [-0.2, -0.15) is 0 Å². The molecule has 0 aliphatic heterocycles. The molecular weight excluding hydrogens is 534 g/mol. The summed E-state index contributed by atoms with van der Waals surface area (Å²) in [6.07, 6.45) is 2.84. The standard InChI is InChI=1S/C33H43N3O4S/c1-5-27-18-20-30(21-19-27)36(41(4,39)40)22-12-17-32(37)35(25-29-15-10-7-11-16-29)31(33(38)34-24-26(2)3)23-28-13-8-6-9-14-28/h6-11,13-16,18-21,26,31H,5,12,17,22-25H2,1-4H3,(H,34,38). The molecule has 8 heteroatoms. The highest BCUT2D eigenvalue weighted by Crippen LogP contribution is 2.21. The predicted molar refractivity (Wildman–Crippen MR) is 166 cm³/mol. The molecule has 0 aliphatic carbocycles. The molecule has 41 heavy (non-hydrogen) atoms. The summed E-state index contributed by atoms with van der Waals surface area (Å²) in [5, 5.41) is 3.03. The number of carbonyl (C=O) groups is 2. The Bertz CT molecular complexity index is 1340. The van der Waals surface area contributed by atoms with E-state index in [1.165, 1.54) is 10.6 Å². The number of amides is 2. The quantitative estimate of drug-likeness (QED) is 0.269. The minimum Gasteiger partial charge on any atom is -0.354 e. The van der Waals surface area contributed by atoms with E-state index in [-0.39, 0.29) is 37.2 Å². The van der Waals surface area contributed by atoms with E-state index in [2.05, 4.69) is 5.32 Å². The molecule has 3 aromatic rings. The highest BCUT2D eigenvalue weighted by Gasteiger charge is 2.30. The largest absolute Gasteiger partial charge is 0.354 e. The molecular formula is C33H43N3O4S. The normalized spacial score (nSPS) is 12.1. The third-order valence-corrected chi connectivity index (χ3v) is 8.13. The summed E-state index contributed by atoms with van der Waals surface area (Å²) in [6.45, 7) is 7.06. The molecule has 0 spiro atoms. The van der Waals surface area contributed by atoms with Crippen LogP contribution in [0.5, 0.6) is 0 Å². The third kappa shape index (κ3) is 10.0. The van der Waals surface area contributed by atoms with Crippen LogP contribution in [0.3, 0.4) is 0 Å². The van der Waals surface area contributed by atoms with Crippen molar-refractivity contribution in [2.24, 2.45) is 5.92 Å². The fourth-order valence-electron chi connectivity index (χ4n) is 4.66. The highest BCUT2D eigenvalue weighted by atomic mass is 32.2. The second-order valence-electron chi connectivity index (χ2n) is 10.8. The lowest BCUT2D eigenvalue weighted by Gasteiger charge is -2.32. The zero-order valence-corrected chi connectivity index (χ0v) is 25.4. The first-order valence-electron chi connectivity index (χ1n) is 14.3. The smallest absolute Gasteiger partial charge is 0.243 e.